The Hall–Kier alpha value is -0.940. The van der Waals surface area contributed by atoms with Gasteiger partial charge in [0.1, 0.15) is 0 Å². The maximum Gasteiger partial charge on any atom is 0.227 e. The molecule has 5 heteroatoms. The van der Waals surface area contributed by atoms with Crippen molar-refractivity contribution in [2.75, 3.05) is 5.32 Å². The molecular formula is C13H21N3OS. The van der Waals surface area contributed by atoms with Crippen molar-refractivity contribution in [3.8, 4) is 0 Å². The molecule has 1 unspecified atom stereocenters. The summed E-state index contributed by atoms with van der Waals surface area (Å²) in [5.74, 6) is -0.0120. The van der Waals surface area contributed by atoms with Gasteiger partial charge in [-0.3, -0.25) is 4.79 Å². The highest BCUT2D eigenvalue weighted by Gasteiger charge is 2.17. The van der Waals surface area contributed by atoms with Crippen molar-refractivity contribution in [3.05, 3.63) is 10.6 Å². The summed E-state index contributed by atoms with van der Waals surface area (Å²) in [6.07, 6.45) is 6.91. The van der Waals surface area contributed by atoms with Crippen molar-refractivity contribution >= 4 is 22.4 Å². The van der Waals surface area contributed by atoms with Crippen molar-refractivity contribution < 1.29 is 4.79 Å². The number of nitrogens with zero attached hydrogens (tertiary/aromatic N) is 1. The number of aryl methyl sites for hydroxylation is 2. The van der Waals surface area contributed by atoms with Gasteiger partial charge >= 0.3 is 0 Å². The number of carbonyl (C=O) groups is 1. The number of amides is 1. The number of thiazole rings is 1. The van der Waals surface area contributed by atoms with E-state index in [-0.39, 0.29) is 11.9 Å². The molecular weight excluding hydrogens is 246 g/mol. The lowest BCUT2D eigenvalue weighted by molar-refractivity contribution is -0.116. The summed E-state index contributed by atoms with van der Waals surface area (Å²) in [6, 6.07) is -0.0374. The third-order valence-electron chi connectivity index (χ3n) is 3.20. The van der Waals surface area contributed by atoms with Crippen LogP contribution in [0.2, 0.25) is 0 Å². The van der Waals surface area contributed by atoms with Crippen LogP contribution in [-0.4, -0.2) is 16.9 Å². The van der Waals surface area contributed by atoms with Gasteiger partial charge in [-0.15, -0.1) is 11.3 Å². The number of nitrogens with two attached hydrogens (primary N) is 1. The molecule has 1 aliphatic carbocycles. The van der Waals surface area contributed by atoms with Crippen LogP contribution in [0.25, 0.3) is 0 Å². The molecule has 1 atom stereocenters. The molecule has 0 saturated carbocycles. The molecule has 1 heterocycles. The van der Waals surface area contributed by atoms with Gasteiger partial charge in [-0.1, -0.05) is 13.3 Å². The van der Waals surface area contributed by atoms with E-state index in [1.165, 1.54) is 23.4 Å². The summed E-state index contributed by atoms with van der Waals surface area (Å²) in [7, 11) is 0. The number of aromatic nitrogens is 1. The Morgan fingerprint density at radius 2 is 2.28 bits per heavy atom. The lowest BCUT2D eigenvalue weighted by atomic mass is 10.0. The first kappa shape index (κ1) is 13.5. The molecule has 1 aromatic heterocycles. The van der Waals surface area contributed by atoms with Crippen LogP contribution in [0.15, 0.2) is 0 Å². The predicted octanol–water partition coefficient (Wildman–Crippen LogP) is 2.48. The first-order valence-corrected chi connectivity index (χ1v) is 7.54. The van der Waals surface area contributed by atoms with Crippen LogP contribution in [-0.2, 0) is 17.6 Å². The molecule has 0 aliphatic heterocycles. The second kappa shape index (κ2) is 6.29. The van der Waals surface area contributed by atoms with E-state index in [1.807, 2.05) is 0 Å². The molecule has 4 nitrogen and oxygen atoms in total. The fourth-order valence-electron chi connectivity index (χ4n) is 2.29. The second-order valence-corrected chi connectivity index (χ2v) is 5.98. The summed E-state index contributed by atoms with van der Waals surface area (Å²) < 4.78 is 0. The standard InChI is InChI=1S/C13H21N3OS/c1-2-5-9(14)8-12(17)16-13-15-10-6-3-4-7-11(10)18-13/h9H,2-8,14H2,1H3,(H,15,16,17). The number of anilines is 1. The van der Waals surface area contributed by atoms with E-state index in [0.717, 1.165) is 30.8 Å². The lowest BCUT2D eigenvalue weighted by Gasteiger charge is -2.08. The van der Waals surface area contributed by atoms with Crippen LogP contribution in [0.5, 0.6) is 0 Å². The van der Waals surface area contributed by atoms with Gasteiger partial charge in [0.2, 0.25) is 5.91 Å². The summed E-state index contributed by atoms with van der Waals surface area (Å²) in [4.78, 5) is 17.6. The largest absolute Gasteiger partial charge is 0.327 e. The Morgan fingerprint density at radius 1 is 1.50 bits per heavy atom. The Labute approximate surface area is 112 Å². The molecule has 0 radical (unpaired) electrons. The minimum Gasteiger partial charge on any atom is -0.327 e. The molecule has 1 amide bonds. The zero-order valence-electron chi connectivity index (χ0n) is 10.9. The van der Waals surface area contributed by atoms with Crippen LogP contribution in [0, 0.1) is 0 Å². The molecule has 2 rings (SSSR count). The molecule has 1 aromatic rings. The Kier molecular flexibility index (Phi) is 4.72. The Balaban J connectivity index is 1.89. The summed E-state index contributed by atoms with van der Waals surface area (Å²) in [5, 5.41) is 3.62. The number of hydrogen-bond acceptors (Lipinski definition) is 4. The van der Waals surface area contributed by atoms with E-state index >= 15 is 0 Å². The minimum atomic E-state index is -0.0374. The maximum atomic E-state index is 11.8. The highest BCUT2D eigenvalue weighted by molar-refractivity contribution is 7.15. The topological polar surface area (TPSA) is 68.0 Å². The molecule has 0 bridgehead atoms. The number of rotatable bonds is 5. The van der Waals surface area contributed by atoms with Gasteiger partial charge < -0.3 is 11.1 Å². The monoisotopic (exact) mass is 267 g/mol. The van der Waals surface area contributed by atoms with Crippen LogP contribution in [0.1, 0.15) is 49.6 Å². The maximum absolute atomic E-state index is 11.8. The van der Waals surface area contributed by atoms with E-state index in [4.69, 9.17) is 5.73 Å². The SMILES string of the molecule is CCCC(N)CC(=O)Nc1nc2c(s1)CCCC2. The molecule has 100 valence electrons. The van der Waals surface area contributed by atoms with Crippen molar-refractivity contribution in [1.29, 1.82) is 0 Å². The number of nitrogens with one attached hydrogen (secondary N) is 1. The van der Waals surface area contributed by atoms with Crippen LogP contribution >= 0.6 is 11.3 Å². The van der Waals surface area contributed by atoms with Gasteiger partial charge in [0, 0.05) is 17.3 Å². The van der Waals surface area contributed by atoms with Gasteiger partial charge in [0.05, 0.1) is 5.69 Å². The molecule has 0 spiro atoms. The summed E-state index contributed by atoms with van der Waals surface area (Å²) in [5.41, 5.74) is 7.04. The van der Waals surface area contributed by atoms with Gasteiger partial charge in [-0.05, 0) is 32.1 Å². The average Bonchev–Trinajstić information content (AvgIpc) is 2.70. The zero-order chi connectivity index (χ0) is 13.0. The molecule has 1 aliphatic rings. The number of carbonyl (C=O) groups excluding carboxylic acids is 1. The predicted molar refractivity (Wildman–Crippen MR) is 74.9 cm³/mol. The normalized spacial score (nSPS) is 16.1. The van der Waals surface area contributed by atoms with E-state index in [2.05, 4.69) is 17.2 Å². The van der Waals surface area contributed by atoms with E-state index in [0.29, 0.717) is 6.42 Å². The van der Waals surface area contributed by atoms with Gasteiger partial charge in [-0.2, -0.15) is 0 Å². The summed E-state index contributed by atoms with van der Waals surface area (Å²) >= 11 is 1.62. The van der Waals surface area contributed by atoms with Gasteiger partial charge in [0.15, 0.2) is 5.13 Å². The van der Waals surface area contributed by atoms with Crippen molar-refractivity contribution in [3.63, 3.8) is 0 Å². The average molecular weight is 267 g/mol. The van der Waals surface area contributed by atoms with Crippen molar-refractivity contribution in [2.24, 2.45) is 5.73 Å². The molecule has 3 N–H and O–H groups in total. The van der Waals surface area contributed by atoms with Crippen LogP contribution in [0.3, 0.4) is 0 Å². The first-order valence-electron chi connectivity index (χ1n) is 6.73. The number of hydrogen-bond donors (Lipinski definition) is 2. The second-order valence-electron chi connectivity index (χ2n) is 4.90. The highest BCUT2D eigenvalue weighted by Crippen LogP contribution is 2.29. The van der Waals surface area contributed by atoms with Crippen LogP contribution < -0.4 is 11.1 Å². The fraction of sp³-hybridized carbons (Fsp3) is 0.692. The molecule has 0 aromatic carbocycles. The quantitative estimate of drug-likeness (QED) is 0.861. The lowest BCUT2D eigenvalue weighted by Crippen LogP contribution is -2.26. The smallest absolute Gasteiger partial charge is 0.227 e. The Morgan fingerprint density at radius 3 is 3.00 bits per heavy atom. The molecule has 0 fully saturated rings. The third kappa shape index (κ3) is 3.53. The van der Waals surface area contributed by atoms with Crippen molar-refractivity contribution in [1.82, 2.24) is 4.98 Å². The number of fused-ring (bicyclic) bond motifs is 1. The first-order chi connectivity index (χ1) is 8.69. The van der Waals surface area contributed by atoms with E-state index in [9.17, 15) is 4.79 Å². The third-order valence-corrected chi connectivity index (χ3v) is 4.27. The summed E-state index contributed by atoms with van der Waals surface area (Å²) in [6.45, 7) is 2.08. The van der Waals surface area contributed by atoms with Gasteiger partial charge in [-0.25, -0.2) is 4.98 Å². The highest BCUT2D eigenvalue weighted by atomic mass is 32.1. The van der Waals surface area contributed by atoms with Gasteiger partial charge in [0.25, 0.3) is 0 Å². The Bertz CT molecular complexity index is 393. The van der Waals surface area contributed by atoms with E-state index < -0.39 is 0 Å². The van der Waals surface area contributed by atoms with Crippen molar-refractivity contribution in [2.45, 2.75) is 57.9 Å². The fourth-order valence-corrected chi connectivity index (χ4v) is 3.35. The minimum absolute atomic E-state index is 0.0120. The zero-order valence-corrected chi connectivity index (χ0v) is 11.7. The van der Waals surface area contributed by atoms with Crippen LogP contribution in [0.4, 0.5) is 5.13 Å². The molecule has 0 saturated heterocycles. The van der Waals surface area contributed by atoms with E-state index in [1.54, 1.807) is 11.3 Å². The molecule has 18 heavy (non-hydrogen) atoms.